The van der Waals surface area contributed by atoms with Crippen LogP contribution in [-0.4, -0.2) is 37.1 Å². The molecule has 110 valence electrons. The number of hydrogen-bond donors (Lipinski definition) is 1. The van der Waals surface area contributed by atoms with Gasteiger partial charge in [-0.05, 0) is 11.6 Å². The van der Waals surface area contributed by atoms with E-state index in [9.17, 15) is 4.79 Å². The molecule has 2 rings (SSSR count). The van der Waals surface area contributed by atoms with Crippen molar-refractivity contribution in [2.24, 2.45) is 0 Å². The van der Waals surface area contributed by atoms with E-state index in [1.807, 2.05) is 24.3 Å². The predicted molar refractivity (Wildman–Crippen MR) is 79.4 cm³/mol. The Bertz CT molecular complexity index is 575. The number of nitriles is 1. The van der Waals surface area contributed by atoms with Crippen LogP contribution in [0.25, 0.3) is 0 Å². The molecule has 1 heterocycles. The zero-order valence-electron chi connectivity index (χ0n) is 11.5. The fourth-order valence-corrected chi connectivity index (χ4v) is 2.19. The summed E-state index contributed by atoms with van der Waals surface area (Å²) in [4.78, 5) is 13.8. The third-order valence-electron chi connectivity index (χ3n) is 3.15. The van der Waals surface area contributed by atoms with Crippen molar-refractivity contribution in [1.29, 1.82) is 5.26 Å². The normalized spacial score (nSPS) is 15.4. The summed E-state index contributed by atoms with van der Waals surface area (Å²) in [5.74, 6) is -0.271. The molecule has 0 atom stereocenters. The molecule has 1 saturated heterocycles. The average Bonchev–Trinajstić information content (AvgIpc) is 2.53. The van der Waals surface area contributed by atoms with E-state index in [0.717, 1.165) is 5.56 Å². The van der Waals surface area contributed by atoms with Gasteiger partial charge >= 0.3 is 0 Å². The number of benzene rings is 1. The number of carbonyl (C=O) groups is 1. The number of halogens is 1. The first-order chi connectivity index (χ1) is 10.2. The molecule has 5 nitrogen and oxygen atoms in total. The SMILES string of the molecule is N#C/C(=C/NCc1ccccc1Cl)C(=O)N1CCOCC1. The molecular formula is C15H16ClN3O2. The van der Waals surface area contributed by atoms with E-state index >= 15 is 0 Å². The van der Waals surface area contributed by atoms with Gasteiger partial charge < -0.3 is 15.0 Å². The lowest BCUT2D eigenvalue weighted by molar-refractivity contribution is -0.130. The van der Waals surface area contributed by atoms with Crippen molar-refractivity contribution in [3.05, 3.63) is 46.6 Å². The average molecular weight is 306 g/mol. The highest BCUT2D eigenvalue weighted by Gasteiger charge is 2.20. The molecule has 1 aromatic carbocycles. The van der Waals surface area contributed by atoms with Crippen LogP contribution in [0.3, 0.4) is 0 Å². The van der Waals surface area contributed by atoms with Crippen LogP contribution in [0.15, 0.2) is 36.0 Å². The number of amides is 1. The second kappa shape index (κ2) is 7.67. The highest BCUT2D eigenvalue weighted by atomic mass is 35.5. The van der Waals surface area contributed by atoms with E-state index in [-0.39, 0.29) is 11.5 Å². The largest absolute Gasteiger partial charge is 0.386 e. The molecule has 0 aromatic heterocycles. The maximum Gasteiger partial charge on any atom is 0.266 e. The van der Waals surface area contributed by atoms with Crippen LogP contribution in [-0.2, 0) is 16.1 Å². The second-order valence-electron chi connectivity index (χ2n) is 4.55. The molecule has 0 unspecified atom stereocenters. The number of morpholine rings is 1. The van der Waals surface area contributed by atoms with Crippen LogP contribution < -0.4 is 5.32 Å². The van der Waals surface area contributed by atoms with Gasteiger partial charge in [0.15, 0.2) is 0 Å². The van der Waals surface area contributed by atoms with Crippen LogP contribution in [0.4, 0.5) is 0 Å². The van der Waals surface area contributed by atoms with Crippen molar-refractivity contribution >= 4 is 17.5 Å². The topological polar surface area (TPSA) is 65.4 Å². The standard InChI is InChI=1S/C15H16ClN3O2/c16-14-4-2-1-3-12(14)10-18-11-13(9-17)15(20)19-5-7-21-8-6-19/h1-4,11,18H,5-8,10H2/b13-11-. The lowest BCUT2D eigenvalue weighted by Crippen LogP contribution is -2.41. The Balaban J connectivity index is 1.96. The first kappa shape index (κ1) is 15.4. The molecule has 21 heavy (non-hydrogen) atoms. The van der Waals surface area contributed by atoms with Gasteiger partial charge in [0.05, 0.1) is 13.2 Å². The van der Waals surface area contributed by atoms with E-state index in [1.165, 1.54) is 6.20 Å². The Labute approximate surface area is 128 Å². The van der Waals surface area contributed by atoms with Gasteiger partial charge in [0.1, 0.15) is 11.6 Å². The zero-order chi connectivity index (χ0) is 15.1. The van der Waals surface area contributed by atoms with Gasteiger partial charge in [-0.2, -0.15) is 5.26 Å². The van der Waals surface area contributed by atoms with Crippen LogP contribution in [0.2, 0.25) is 5.02 Å². The molecule has 1 amide bonds. The van der Waals surface area contributed by atoms with Gasteiger partial charge in [0.25, 0.3) is 5.91 Å². The van der Waals surface area contributed by atoms with Gasteiger partial charge in [-0.15, -0.1) is 0 Å². The van der Waals surface area contributed by atoms with Gasteiger partial charge in [0.2, 0.25) is 0 Å². The first-order valence-electron chi connectivity index (χ1n) is 6.66. The Kier molecular flexibility index (Phi) is 5.61. The van der Waals surface area contributed by atoms with Gasteiger partial charge in [-0.3, -0.25) is 4.79 Å². The lowest BCUT2D eigenvalue weighted by Gasteiger charge is -2.26. The number of rotatable bonds is 4. The predicted octanol–water partition coefficient (Wildman–Crippen LogP) is 1.70. The molecule has 0 bridgehead atoms. The van der Waals surface area contributed by atoms with Crippen molar-refractivity contribution in [1.82, 2.24) is 10.2 Å². The highest BCUT2D eigenvalue weighted by Crippen LogP contribution is 2.14. The summed E-state index contributed by atoms with van der Waals surface area (Å²) >= 11 is 6.04. The van der Waals surface area contributed by atoms with E-state index in [4.69, 9.17) is 21.6 Å². The quantitative estimate of drug-likeness (QED) is 0.679. The number of ether oxygens (including phenoxy) is 1. The molecule has 0 spiro atoms. The minimum absolute atomic E-state index is 0.0870. The van der Waals surface area contributed by atoms with E-state index < -0.39 is 0 Å². The molecular weight excluding hydrogens is 290 g/mol. The molecule has 0 aliphatic carbocycles. The maximum atomic E-state index is 12.2. The van der Waals surface area contributed by atoms with E-state index in [2.05, 4.69) is 5.32 Å². The zero-order valence-corrected chi connectivity index (χ0v) is 12.3. The third kappa shape index (κ3) is 4.22. The molecule has 1 fully saturated rings. The number of nitrogens with one attached hydrogen (secondary N) is 1. The molecule has 0 saturated carbocycles. The first-order valence-corrected chi connectivity index (χ1v) is 7.04. The summed E-state index contributed by atoms with van der Waals surface area (Å²) in [6.45, 7) is 2.51. The summed E-state index contributed by atoms with van der Waals surface area (Å²) in [7, 11) is 0. The fraction of sp³-hybridized carbons (Fsp3) is 0.333. The third-order valence-corrected chi connectivity index (χ3v) is 3.51. The molecule has 6 heteroatoms. The Morgan fingerprint density at radius 2 is 2.14 bits per heavy atom. The smallest absolute Gasteiger partial charge is 0.266 e. The number of nitrogens with zero attached hydrogens (tertiary/aromatic N) is 2. The second-order valence-corrected chi connectivity index (χ2v) is 4.95. The summed E-state index contributed by atoms with van der Waals surface area (Å²) in [6, 6.07) is 9.36. The Morgan fingerprint density at radius 1 is 1.43 bits per heavy atom. The van der Waals surface area contributed by atoms with Crippen LogP contribution >= 0.6 is 11.6 Å². The summed E-state index contributed by atoms with van der Waals surface area (Å²) in [5.41, 5.74) is 0.996. The van der Waals surface area contributed by atoms with Crippen molar-refractivity contribution in [3.63, 3.8) is 0 Å². The van der Waals surface area contributed by atoms with Crippen LogP contribution in [0.5, 0.6) is 0 Å². The van der Waals surface area contributed by atoms with Gasteiger partial charge in [-0.1, -0.05) is 29.8 Å². The minimum Gasteiger partial charge on any atom is -0.386 e. The number of hydrogen-bond acceptors (Lipinski definition) is 4. The maximum absolute atomic E-state index is 12.2. The molecule has 1 aromatic rings. The van der Waals surface area contributed by atoms with Crippen molar-refractivity contribution in [3.8, 4) is 6.07 Å². The Hall–Kier alpha value is -2.03. The molecule has 0 radical (unpaired) electrons. The minimum atomic E-state index is -0.271. The summed E-state index contributed by atoms with van der Waals surface area (Å²) < 4.78 is 5.19. The summed E-state index contributed by atoms with van der Waals surface area (Å²) in [6.07, 6.45) is 1.45. The van der Waals surface area contributed by atoms with Crippen molar-refractivity contribution in [2.45, 2.75) is 6.54 Å². The summed E-state index contributed by atoms with van der Waals surface area (Å²) in [5, 5.41) is 12.7. The monoisotopic (exact) mass is 305 g/mol. The number of carbonyl (C=O) groups excluding carboxylic acids is 1. The van der Waals surface area contributed by atoms with E-state index in [0.29, 0.717) is 37.9 Å². The molecule has 1 aliphatic heterocycles. The van der Waals surface area contributed by atoms with Gasteiger partial charge in [0, 0.05) is 30.9 Å². The van der Waals surface area contributed by atoms with Crippen LogP contribution in [0, 0.1) is 11.3 Å². The highest BCUT2D eigenvalue weighted by molar-refractivity contribution is 6.31. The molecule has 1 N–H and O–H groups in total. The van der Waals surface area contributed by atoms with Crippen LogP contribution in [0.1, 0.15) is 5.56 Å². The fourth-order valence-electron chi connectivity index (χ4n) is 1.98. The Morgan fingerprint density at radius 3 is 2.81 bits per heavy atom. The molecule has 1 aliphatic rings. The van der Waals surface area contributed by atoms with Crippen molar-refractivity contribution in [2.75, 3.05) is 26.3 Å². The lowest BCUT2D eigenvalue weighted by atomic mass is 10.2. The van der Waals surface area contributed by atoms with Gasteiger partial charge in [-0.25, -0.2) is 0 Å². The van der Waals surface area contributed by atoms with E-state index in [1.54, 1.807) is 11.0 Å². The van der Waals surface area contributed by atoms with Crippen molar-refractivity contribution < 1.29 is 9.53 Å².